The van der Waals surface area contributed by atoms with Crippen molar-refractivity contribution in [1.82, 2.24) is 10.2 Å². The van der Waals surface area contributed by atoms with Gasteiger partial charge in [-0.05, 0) is 37.8 Å². The van der Waals surface area contributed by atoms with Crippen LogP contribution in [0.4, 0.5) is 5.69 Å². The number of hydrogen-bond acceptors (Lipinski definition) is 5. The van der Waals surface area contributed by atoms with E-state index in [1.165, 1.54) is 0 Å². The van der Waals surface area contributed by atoms with Gasteiger partial charge in [-0.1, -0.05) is 19.8 Å². The van der Waals surface area contributed by atoms with Gasteiger partial charge in [0.2, 0.25) is 5.91 Å². The summed E-state index contributed by atoms with van der Waals surface area (Å²) in [5, 5.41) is 6.48. The van der Waals surface area contributed by atoms with E-state index in [1.807, 2.05) is 0 Å². The van der Waals surface area contributed by atoms with E-state index in [-0.39, 0.29) is 35.8 Å². The van der Waals surface area contributed by atoms with Gasteiger partial charge in [0.25, 0.3) is 5.91 Å². The molecule has 2 N–H and O–H groups in total. The third-order valence-corrected chi connectivity index (χ3v) is 6.22. The average molecular weight is 418 g/mol. The zero-order chi connectivity index (χ0) is 21.7. The molecular formula is C23H35N3O4. The number of fused-ring (bicyclic) bond motifs is 1. The second-order valence-electron chi connectivity index (χ2n) is 8.74. The molecule has 7 nitrogen and oxygen atoms in total. The summed E-state index contributed by atoms with van der Waals surface area (Å²) in [5.74, 6) is 0.758. The molecular weight excluding hydrogens is 382 g/mol. The Morgan fingerprint density at radius 3 is 2.70 bits per heavy atom. The lowest BCUT2D eigenvalue weighted by atomic mass is 10.0. The molecule has 30 heavy (non-hydrogen) atoms. The summed E-state index contributed by atoms with van der Waals surface area (Å²) in [4.78, 5) is 27.3. The largest absolute Gasteiger partial charge is 0.491 e. The van der Waals surface area contributed by atoms with Crippen LogP contribution in [0, 0.1) is 11.8 Å². The van der Waals surface area contributed by atoms with Crippen molar-refractivity contribution in [3.05, 3.63) is 23.8 Å². The maximum atomic E-state index is 13.1. The number of amides is 2. The Morgan fingerprint density at radius 1 is 1.27 bits per heavy atom. The normalized spacial score (nSPS) is 26.3. The van der Waals surface area contributed by atoms with Crippen LogP contribution in [0.5, 0.6) is 5.75 Å². The highest BCUT2D eigenvalue weighted by atomic mass is 16.5. The molecule has 2 amide bonds. The van der Waals surface area contributed by atoms with Crippen LogP contribution in [0.2, 0.25) is 0 Å². The Hall–Kier alpha value is -2.12. The maximum absolute atomic E-state index is 13.1. The number of carbonyl (C=O) groups is 2. The first kappa shape index (κ1) is 22.6. The summed E-state index contributed by atoms with van der Waals surface area (Å²) >= 11 is 0. The van der Waals surface area contributed by atoms with Crippen molar-refractivity contribution < 1.29 is 19.1 Å². The van der Waals surface area contributed by atoms with E-state index in [0.29, 0.717) is 30.2 Å². The van der Waals surface area contributed by atoms with Crippen molar-refractivity contribution in [2.75, 3.05) is 39.2 Å². The smallest absolute Gasteiger partial charge is 0.257 e. The van der Waals surface area contributed by atoms with E-state index in [0.717, 1.165) is 32.2 Å². The number of nitrogens with zero attached hydrogens (tertiary/aromatic N) is 1. The van der Waals surface area contributed by atoms with Crippen molar-refractivity contribution in [3.8, 4) is 5.75 Å². The number of anilines is 1. The van der Waals surface area contributed by atoms with Gasteiger partial charge in [-0.2, -0.15) is 0 Å². The molecule has 0 aromatic heterocycles. The van der Waals surface area contributed by atoms with E-state index in [2.05, 4.69) is 24.5 Å². The first-order valence-corrected chi connectivity index (χ1v) is 11.0. The number of methoxy groups -OCH3 is 1. The highest BCUT2D eigenvalue weighted by molar-refractivity contribution is 5.98. The number of nitrogens with one attached hydrogen (secondary N) is 2. The van der Waals surface area contributed by atoms with Crippen molar-refractivity contribution in [2.24, 2.45) is 11.8 Å². The summed E-state index contributed by atoms with van der Waals surface area (Å²) in [6.45, 7) is 5.86. The first-order valence-electron chi connectivity index (χ1n) is 11.0. The predicted molar refractivity (Wildman–Crippen MR) is 117 cm³/mol. The summed E-state index contributed by atoms with van der Waals surface area (Å²) in [7, 11) is 3.47. The van der Waals surface area contributed by atoms with Crippen molar-refractivity contribution in [2.45, 2.75) is 51.7 Å². The minimum atomic E-state index is -0.117. The number of hydrogen-bond donors (Lipinski definition) is 2. The second kappa shape index (κ2) is 10.3. The van der Waals surface area contributed by atoms with Crippen LogP contribution < -0.4 is 15.4 Å². The van der Waals surface area contributed by atoms with Crippen molar-refractivity contribution in [1.29, 1.82) is 0 Å². The average Bonchev–Trinajstić information content (AvgIpc) is 3.28. The van der Waals surface area contributed by atoms with Crippen molar-refractivity contribution in [3.63, 3.8) is 0 Å². The molecule has 3 atom stereocenters. The third kappa shape index (κ3) is 5.52. The lowest BCUT2D eigenvalue weighted by molar-refractivity contribution is -0.119. The molecule has 0 spiro atoms. The Labute approximate surface area is 179 Å². The van der Waals surface area contributed by atoms with Gasteiger partial charge in [0, 0.05) is 51.0 Å². The van der Waals surface area contributed by atoms with Gasteiger partial charge in [0.1, 0.15) is 12.4 Å². The molecule has 0 bridgehead atoms. The standard InChI is InChI=1S/C23H35N3O4/c1-15-12-24-16(2)14-30-20-11-18(25-22(27)17-7-5-6-8-17)9-10-19(20)23(28)26(3)13-21(15)29-4/h9-11,15-17,21,24H,5-8,12-14H2,1-4H3,(H,25,27)/t15-,16+,21-/m0/s1. The number of ether oxygens (including phenoxy) is 2. The zero-order valence-corrected chi connectivity index (χ0v) is 18.6. The van der Waals surface area contributed by atoms with E-state index in [1.54, 1.807) is 37.3 Å². The van der Waals surface area contributed by atoms with Gasteiger partial charge in [-0.15, -0.1) is 0 Å². The highest BCUT2D eigenvalue weighted by Crippen LogP contribution is 2.29. The molecule has 0 saturated heterocycles. The molecule has 0 radical (unpaired) electrons. The number of benzene rings is 1. The first-order chi connectivity index (χ1) is 14.4. The quantitative estimate of drug-likeness (QED) is 0.791. The fraction of sp³-hybridized carbons (Fsp3) is 0.652. The molecule has 0 unspecified atom stereocenters. The summed E-state index contributed by atoms with van der Waals surface area (Å²) in [5.41, 5.74) is 1.16. The third-order valence-electron chi connectivity index (χ3n) is 6.22. The Morgan fingerprint density at radius 2 is 2.00 bits per heavy atom. The molecule has 1 aliphatic carbocycles. The zero-order valence-electron chi connectivity index (χ0n) is 18.6. The molecule has 2 aliphatic rings. The number of carbonyl (C=O) groups excluding carboxylic acids is 2. The van der Waals surface area contributed by atoms with Crippen LogP contribution in [0.3, 0.4) is 0 Å². The van der Waals surface area contributed by atoms with Gasteiger partial charge >= 0.3 is 0 Å². The summed E-state index contributed by atoms with van der Waals surface area (Å²) in [6.07, 6.45) is 4.04. The molecule has 1 aromatic carbocycles. The van der Waals surface area contributed by atoms with Gasteiger partial charge in [-0.3, -0.25) is 9.59 Å². The molecule has 1 heterocycles. The van der Waals surface area contributed by atoms with Crippen LogP contribution in [0.1, 0.15) is 49.9 Å². The van der Waals surface area contributed by atoms with Gasteiger partial charge in [0.05, 0.1) is 11.7 Å². The fourth-order valence-corrected chi connectivity index (χ4v) is 4.17. The van der Waals surface area contributed by atoms with E-state index in [4.69, 9.17) is 9.47 Å². The second-order valence-corrected chi connectivity index (χ2v) is 8.74. The van der Waals surface area contributed by atoms with Gasteiger partial charge < -0.3 is 25.0 Å². The van der Waals surface area contributed by atoms with E-state index in [9.17, 15) is 9.59 Å². The Bertz CT molecular complexity index is 748. The lowest BCUT2D eigenvalue weighted by Crippen LogP contribution is -2.44. The summed E-state index contributed by atoms with van der Waals surface area (Å²) < 4.78 is 11.7. The van der Waals surface area contributed by atoms with Crippen LogP contribution in [0.25, 0.3) is 0 Å². The van der Waals surface area contributed by atoms with Gasteiger partial charge in [-0.25, -0.2) is 0 Å². The monoisotopic (exact) mass is 417 g/mol. The maximum Gasteiger partial charge on any atom is 0.257 e. The fourth-order valence-electron chi connectivity index (χ4n) is 4.17. The van der Waals surface area contributed by atoms with Crippen LogP contribution in [-0.4, -0.2) is 62.7 Å². The van der Waals surface area contributed by atoms with E-state index >= 15 is 0 Å². The molecule has 1 aliphatic heterocycles. The minimum Gasteiger partial charge on any atom is -0.491 e. The van der Waals surface area contributed by atoms with Crippen LogP contribution in [0.15, 0.2) is 18.2 Å². The number of likely N-dealkylation sites (N-methyl/N-ethyl adjacent to an activating group) is 1. The van der Waals surface area contributed by atoms with Crippen molar-refractivity contribution >= 4 is 17.5 Å². The molecule has 166 valence electrons. The molecule has 1 aromatic rings. The highest BCUT2D eigenvalue weighted by Gasteiger charge is 2.26. The van der Waals surface area contributed by atoms with Gasteiger partial charge in [0.15, 0.2) is 0 Å². The number of rotatable bonds is 3. The Kier molecular flexibility index (Phi) is 7.72. The SMILES string of the molecule is CO[C@H]1CN(C)C(=O)c2ccc(NC(=O)C3CCCC3)cc2OC[C@@H](C)NC[C@@H]1C. The lowest BCUT2D eigenvalue weighted by Gasteiger charge is -2.30. The van der Waals surface area contributed by atoms with E-state index < -0.39 is 0 Å². The Balaban J connectivity index is 1.83. The van der Waals surface area contributed by atoms with Crippen LogP contribution in [-0.2, 0) is 9.53 Å². The topological polar surface area (TPSA) is 79.9 Å². The molecule has 3 rings (SSSR count). The molecule has 1 saturated carbocycles. The summed E-state index contributed by atoms with van der Waals surface area (Å²) in [6, 6.07) is 5.41. The molecule has 1 fully saturated rings. The molecule has 7 heteroatoms. The van der Waals surface area contributed by atoms with Crippen LogP contribution >= 0.6 is 0 Å². The minimum absolute atomic E-state index is 0.0519. The predicted octanol–water partition coefficient (Wildman–Crippen LogP) is 2.91.